The lowest BCUT2D eigenvalue weighted by atomic mass is 10.3. The topological polar surface area (TPSA) is 105 Å². The van der Waals surface area contributed by atoms with Crippen LogP contribution in [0.15, 0.2) is 41.3 Å². The third kappa shape index (κ3) is 6.25. The van der Waals surface area contributed by atoms with Crippen LogP contribution in [-0.4, -0.2) is 39.5 Å². The fraction of sp³-hybridized carbons (Fsp3) is 0.263. The first-order valence-corrected chi connectivity index (χ1v) is 10.8. The molecule has 162 valence electrons. The predicted molar refractivity (Wildman–Crippen MR) is 109 cm³/mol. The molecular weight excluding hydrogens is 459 g/mol. The van der Waals surface area contributed by atoms with E-state index in [0.29, 0.717) is 5.02 Å². The molecule has 1 atom stereocenters. The zero-order chi connectivity index (χ0) is 22.5. The maximum absolute atomic E-state index is 12.2. The van der Waals surface area contributed by atoms with Gasteiger partial charge in [0.15, 0.2) is 23.5 Å². The molecule has 2 aromatic carbocycles. The molecule has 11 heteroatoms. The summed E-state index contributed by atoms with van der Waals surface area (Å²) >= 11 is 12.2. The summed E-state index contributed by atoms with van der Waals surface area (Å²) in [6, 6.07) is 8.24. The van der Waals surface area contributed by atoms with Crippen molar-refractivity contribution in [3.05, 3.63) is 46.4 Å². The van der Waals surface area contributed by atoms with Gasteiger partial charge in [-0.1, -0.05) is 23.2 Å². The predicted octanol–water partition coefficient (Wildman–Crippen LogP) is 4.02. The second-order valence-electron chi connectivity index (χ2n) is 5.94. The van der Waals surface area contributed by atoms with Crippen LogP contribution < -0.4 is 9.47 Å². The summed E-state index contributed by atoms with van der Waals surface area (Å²) in [4.78, 5) is 22.3. The molecular formula is C19H18Cl2O8S. The number of methoxy groups -OCH3 is 1. The number of rotatable bonds is 8. The number of hydrogen-bond acceptors (Lipinski definition) is 8. The number of carbonyl (C=O) groups excluding carboxylic acids is 2. The molecule has 0 bridgehead atoms. The van der Waals surface area contributed by atoms with Crippen molar-refractivity contribution in [1.82, 2.24) is 0 Å². The molecule has 2 aromatic rings. The second-order valence-corrected chi connectivity index (χ2v) is 8.72. The summed E-state index contributed by atoms with van der Waals surface area (Å²) in [5.41, 5.74) is 0. The van der Waals surface area contributed by atoms with Gasteiger partial charge in [0.2, 0.25) is 9.84 Å². The molecule has 0 saturated carbocycles. The van der Waals surface area contributed by atoms with Gasteiger partial charge in [0.25, 0.3) is 0 Å². The Morgan fingerprint density at radius 2 is 1.70 bits per heavy atom. The number of esters is 2. The van der Waals surface area contributed by atoms with E-state index in [1.165, 1.54) is 38.3 Å². The third-order valence-electron chi connectivity index (χ3n) is 3.64. The van der Waals surface area contributed by atoms with Gasteiger partial charge in [-0.3, -0.25) is 4.79 Å². The number of hydrogen-bond donors (Lipinski definition) is 0. The molecule has 0 fully saturated rings. The van der Waals surface area contributed by atoms with Crippen LogP contribution in [0.4, 0.5) is 0 Å². The lowest BCUT2D eigenvalue weighted by molar-refractivity contribution is -0.148. The Morgan fingerprint density at radius 3 is 2.30 bits per heavy atom. The number of benzene rings is 2. The summed E-state index contributed by atoms with van der Waals surface area (Å²) in [5.74, 6) is -1.66. The van der Waals surface area contributed by atoms with Crippen LogP contribution in [0, 0.1) is 0 Å². The van der Waals surface area contributed by atoms with Crippen LogP contribution in [0.1, 0.15) is 13.8 Å². The first-order valence-electron chi connectivity index (χ1n) is 8.41. The van der Waals surface area contributed by atoms with Crippen molar-refractivity contribution in [3.8, 4) is 17.2 Å². The van der Waals surface area contributed by atoms with Crippen LogP contribution in [0.25, 0.3) is 0 Å². The molecule has 0 radical (unpaired) electrons. The van der Waals surface area contributed by atoms with Gasteiger partial charge < -0.3 is 18.9 Å². The highest BCUT2D eigenvalue weighted by Crippen LogP contribution is 2.38. The van der Waals surface area contributed by atoms with E-state index in [0.717, 1.165) is 13.0 Å². The van der Waals surface area contributed by atoms with E-state index >= 15 is 0 Å². The Hall–Kier alpha value is -2.49. The van der Waals surface area contributed by atoms with E-state index < -0.39 is 33.8 Å². The highest BCUT2D eigenvalue weighted by molar-refractivity contribution is 7.91. The standard InChI is InChI=1S/C19H18Cl2O8S/c1-11(19(23)26-3)28-17-6-4-13(20)8-18(17)29-16-7-5-14(9-15(16)21)30(24,25)10-27-12(2)22/h4-9,11H,10H2,1-3H3/t11-/m0/s1. The van der Waals surface area contributed by atoms with Gasteiger partial charge >= 0.3 is 11.9 Å². The van der Waals surface area contributed by atoms with Crippen molar-refractivity contribution in [2.24, 2.45) is 0 Å². The smallest absolute Gasteiger partial charge is 0.346 e. The Labute approximate surface area is 183 Å². The summed E-state index contributed by atoms with van der Waals surface area (Å²) in [5, 5.41) is 0.311. The largest absolute Gasteiger partial charge is 0.475 e. The Balaban J connectivity index is 2.29. The molecule has 0 aliphatic heterocycles. The van der Waals surface area contributed by atoms with Crippen molar-refractivity contribution in [3.63, 3.8) is 0 Å². The Morgan fingerprint density at radius 1 is 1.03 bits per heavy atom. The Kier molecular flexibility index (Phi) is 7.94. The van der Waals surface area contributed by atoms with Gasteiger partial charge in [-0.2, -0.15) is 0 Å². The zero-order valence-corrected chi connectivity index (χ0v) is 18.5. The van der Waals surface area contributed by atoms with Gasteiger partial charge in [0, 0.05) is 18.0 Å². The number of carbonyl (C=O) groups is 2. The molecule has 0 unspecified atom stereocenters. The van der Waals surface area contributed by atoms with Crippen molar-refractivity contribution in [1.29, 1.82) is 0 Å². The first-order chi connectivity index (χ1) is 14.0. The zero-order valence-electron chi connectivity index (χ0n) is 16.2. The van der Waals surface area contributed by atoms with Gasteiger partial charge in [0.05, 0.1) is 17.0 Å². The number of ether oxygens (including phenoxy) is 4. The van der Waals surface area contributed by atoms with Gasteiger partial charge in [0.1, 0.15) is 5.75 Å². The van der Waals surface area contributed by atoms with Crippen molar-refractivity contribution in [2.75, 3.05) is 13.0 Å². The third-order valence-corrected chi connectivity index (χ3v) is 5.57. The molecule has 0 N–H and O–H groups in total. The van der Waals surface area contributed by atoms with Gasteiger partial charge in [-0.15, -0.1) is 0 Å². The van der Waals surface area contributed by atoms with E-state index in [1.807, 2.05) is 0 Å². The maximum Gasteiger partial charge on any atom is 0.346 e. The van der Waals surface area contributed by atoms with E-state index in [2.05, 4.69) is 9.47 Å². The van der Waals surface area contributed by atoms with E-state index in [9.17, 15) is 18.0 Å². The monoisotopic (exact) mass is 476 g/mol. The molecule has 30 heavy (non-hydrogen) atoms. The second kappa shape index (κ2) is 10.0. The molecule has 0 aliphatic carbocycles. The van der Waals surface area contributed by atoms with Crippen molar-refractivity contribution < 1.29 is 37.0 Å². The highest BCUT2D eigenvalue weighted by atomic mass is 35.5. The summed E-state index contributed by atoms with van der Waals surface area (Å²) in [6.07, 6.45) is -0.914. The summed E-state index contributed by atoms with van der Waals surface area (Å²) in [7, 11) is -2.66. The lowest BCUT2D eigenvalue weighted by Crippen LogP contribution is -2.25. The summed E-state index contributed by atoms with van der Waals surface area (Å²) < 4.78 is 44.9. The molecule has 0 aliphatic rings. The van der Waals surface area contributed by atoms with E-state index in [-0.39, 0.29) is 27.2 Å². The lowest BCUT2D eigenvalue weighted by Gasteiger charge is -2.17. The van der Waals surface area contributed by atoms with Crippen molar-refractivity contribution in [2.45, 2.75) is 24.8 Å². The maximum atomic E-state index is 12.2. The van der Waals surface area contributed by atoms with Crippen LogP contribution in [0.2, 0.25) is 10.0 Å². The van der Waals surface area contributed by atoms with E-state index in [4.69, 9.17) is 32.7 Å². The molecule has 0 amide bonds. The molecule has 8 nitrogen and oxygen atoms in total. The molecule has 0 spiro atoms. The molecule has 0 saturated heterocycles. The molecule has 0 aromatic heterocycles. The Bertz CT molecular complexity index is 1050. The highest BCUT2D eigenvalue weighted by Gasteiger charge is 2.21. The van der Waals surface area contributed by atoms with Crippen LogP contribution in [0.5, 0.6) is 17.2 Å². The SMILES string of the molecule is COC(=O)[C@H](C)Oc1ccc(Cl)cc1Oc1ccc(S(=O)(=O)COC(C)=O)cc1Cl. The average Bonchev–Trinajstić information content (AvgIpc) is 2.69. The summed E-state index contributed by atoms with van der Waals surface area (Å²) in [6.45, 7) is 2.60. The molecule has 0 heterocycles. The fourth-order valence-electron chi connectivity index (χ4n) is 2.17. The van der Waals surface area contributed by atoms with Gasteiger partial charge in [-0.05, 0) is 37.3 Å². The fourth-order valence-corrected chi connectivity index (χ4v) is 3.64. The van der Waals surface area contributed by atoms with Crippen LogP contribution >= 0.6 is 23.2 Å². The minimum Gasteiger partial charge on any atom is -0.475 e. The van der Waals surface area contributed by atoms with Crippen molar-refractivity contribution >= 4 is 45.0 Å². The first kappa shape index (κ1) is 23.8. The van der Waals surface area contributed by atoms with Crippen LogP contribution in [0.3, 0.4) is 0 Å². The number of halogens is 2. The minimum absolute atomic E-state index is 0.0224. The quantitative estimate of drug-likeness (QED) is 0.525. The normalized spacial score (nSPS) is 12.0. The number of sulfone groups is 1. The van der Waals surface area contributed by atoms with E-state index in [1.54, 1.807) is 6.07 Å². The average molecular weight is 477 g/mol. The van der Waals surface area contributed by atoms with Crippen LogP contribution in [-0.2, 0) is 28.9 Å². The minimum atomic E-state index is -3.89. The molecule has 2 rings (SSSR count). The van der Waals surface area contributed by atoms with Gasteiger partial charge in [-0.25, -0.2) is 13.2 Å².